The molecule has 0 aliphatic carbocycles. The molecule has 1 aromatic heterocycles. The first-order valence-electron chi connectivity index (χ1n) is 6.08. The summed E-state index contributed by atoms with van der Waals surface area (Å²) >= 11 is 0. The molecule has 0 bridgehead atoms. The summed E-state index contributed by atoms with van der Waals surface area (Å²) in [6.45, 7) is 3.52. The number of carbonyl (C=O) groups excluding carboxylic acids is 1. The van der Waals surface area contributed by atoms with Crippen molar-refractivity contribution in [3.8, 4) is 17.1 Å². The van der Waals surface area contributed by atoms with E-state index in [4.69, 9.17) is 4.74 Å². The van der Waals surface area contributed by atoms with Crippen LogP contribution >= 0.6 is 0 Å². The van der Waals surface area contributed by atoms with E-state index in [1.807, 2.05) is 0 Å². The largest absolute Gasteiger partial charge is 0.497 e. The summed E-state index contributed by atoms with van der Waals surface area (Å²) in [5, 5.41) is 10.1. The standard InChI is InChI=1S/C13H15FN4O2/c1-7(2)12(19)16-13-15-11(17-18-13)9-5-4-8(20-3)6-10(9)14/h4-7H,1-3H3,(H2,15,16,17,18,19). The molecule has 0 unspecified atom stereocenters. The molecule has 2 N–H and O–H groups in total. The van der Waals surface area contributed by atoms with E-state index in [-0.39, 0.29) is 29.2 Å². The van der Waals surface area contributed by atoms with Gasteiger partial charge in [0.15, 0.2) is 5.82 Å². The van der Waals surface area contributed by atoms with Crippen LogP contribution in [0.15, 0.2) is 18.2 Å². The van der Waals surface area contributed by atoms with Crippen LogP contribution in [-0.4, -0.2) is 28.2 Å². The number of methoxy groups -OCH3 is 1. The molecule has 0 atom stereocenters. The quantitative estimate of drug-likeness (QED) is 0.898. The van der Waals surface area contributed by atoms with E-state index >= 15 is 0 Å². The number of ether oxygens (including phenoxy) is 1. The molecule has 0 saturated carbocycles. The number of aromatic nitrogens is 3. The smallest absolute Gasteiger partial charge is 0.229 e. The molecular weight excluding hydrogens is 263 g/mol. The highest BCUT2D eigenvalue weighted by Crippen LogP contribution is 2.24. The number of amides is 1. The molecule has 7 heteroatoms. The molecule has 1 amide bonds. The number of benzene rings is 1. The van der Waals surface area contributed by atoms with Crippen LogP contribution in [0.1, 0.15) is 13.8 Å². The van der Waals surface area contributed by atoms with Gasteiger partial charge in [-0.25, -0.2) is 4.39 Å². The van der Waals surface area contributed by atoms with Crippen LogP contribution < -0.4 is 10.1 Å². The molecular formula is C13H15FN4O2. The number of H-pyrrole nitrogens is 1. The summed E-state index contributed by atoms with van der Waals surface area (Å²) in [7, 11) is 1.46. The van der Waals surface area contributed by atoms with Crippen molar-refractivity contribution in [2.45, 2.75) is 13.8 Å². The summed E-state index contributed by atoms with van der Waals surface area (Å²) < 4.78 is 18.8. The molecule has 20 heavy (non-hydrogen) atoms. The minimum absolute atomic E-state index is 0.179. The predicted molar refractivity (Wildman–Crippen MR) is 71.8 cm³/mol. The maximum Gasteiger partial charge on any atom is 0.229 e. The highest BCUT2D eigenvalue weighted by Gasteiger charge is 2.14. The molecule has 0 aliphatic heterocycles. The summed E-state index contributed by atoms with van der Waals surface area (Å²) in [6.07, 6.45) is 0. The van der Waals surface area contributed by atoms with E-state index in [0.717, 1.165) is 0 Å². The minimum Gasteiger partial charge on any atom is -0.497 e. The topological polar surface area (TPSA) is 79.9 Å². The van der Waals surface area contributed by atoms with Gasteiger partial charge in [0.05, 0.1) is 12.7 Å². The van der Waals surface area contributed by atoms with E-state index < -0.39 is 5.82 Å². The van der Waals surface area contributed by atoms with Gasteiger partial charge in [0.2, 0.25) is 11.9 Å². The molecule has 0 aliphatic rings. The van der Waals surface area contributed by atoms with Gasteiger partial charge in [-0.15, -0.1) is 10.2 Å². The van der Waals surface area contributed by atoms with Crippen LogP contribution in [0, 0.1) is 11.7 Å². The van der Waals surface area contributed by atoms with Gasteiger partial charge in [-0.05, 0) is 12.1 Å². The lowest BCUT2D eigenvalue weighted by molar-refractivity contribution is -0.118. The zero-order chi connectivity index (χ0) is 14.7. The summed E-state index contributed by atoms with van der Waals surface area (Å²) in [5.74, 6) is -0.0105. The van der Waals surface area contributed by atoms with Gasteiger partial charge in [-0.3, -0.25) is 10.1 Å². The van der Waals surface area contributed by atoms with Crippen LogP contribution in [0.2, 0.25) is 0 Å². The van der Waals surface area contributed by atoms with Gasteiger partial charge < -0.3 is 9.72 Å². The molecule has 0 fully saturated rings. The first-order valence-corrected chi connectivity index (χ1v) is 6.08. The van der Waals surface area contributed by atoms with Crippen LogP contribution in [0.3, 0.4) is 0 Å². The molecule has 0 spiro atoms. The number of nitrogens with zero attached hydrogens (tertiary/aromatic N) is 2. The van der Waals surface area contributed by atoms with Gasteiger partial charge in [0.1, 0.15) is 11.6 Å². The van der Waals surface area contributed by atoms with Crippen LogP contribution in [0.5, 0.6) is 5.75 Å². The van der Waals surface area contributed by atoms with E-state index in [1.54, 1.807) is 19.9 Å². The maximum atomic E-state index is 13.9. The monoisotopic (exact) mass is 278 g/mol. The Labute approximate surface area is 115 Å². The summed E-state index contributed by atoms with van der Waals surface area (Å²) in [5.41, 5.74) is 0.253. The highest BCUT2D eigenvalue weighted by molar-refractivity contribution is 5.90. The van der Waals surface area contributed by atoms with Crippen molar-refractivity contribution in [2.24, 2.45) is 5.92 Å². The molecule has 1 heterocycles. The Morgan fingerprint density at radius 2 is 2.15 bits per heavy atom. The van der Waals surface area contributed by atoms with Gasteiger partial charge >= 0.3 is 0 Å². The third-order valence-corrected chi connectivity index (χ3v) is 2.68. The van der Waals surface area contributed by atoms with Crippen LogP contribution in [-0.2, 0) is 4.79 Å². The molecule has 0 saturated heterocycles. The Balaban J connectivity index is 2.22. The van der Waals surface area contributed by atoms with Crippen molar-refractivity contribution >= 4 is 11.9 Å². The van der Waals surface area contributed by atoms with E-state index in [2.05, 4.69) is 20.5 Å². The SMILES string of the molecule is COc1ccc(-c2nnc(NC(=O)C(C)C)[nH]2)c(F)c1. The lowest BCUT2D eigenvalue weighted by Gasteiger charge is -2.04. The van der Waals surface area contributed by atoms with Gasteiger partial charge in [0.25, 0.3) is 0 Å². The van der Waals surface area contributed by atoms with Crippen molar-refractivity contribution in [2.75, 3.05) is 12.4 Å². The number of hydrogen-bond acceptors (Lipinski definition) is 4. The zero-order valence-electron chi connectivity index (χ0n) is 11.4. The molecule has 106 valence electrons. The molecule has 6 nitrogen and oxygen atoms in total. The average molecular weight is 278 g/mol. The second-order valence-corrected chi connectivity index (χ2v) is 4.51. The first kappa shape index (κ1) is 14.0. The van der Waals surface area contributed by atoms with Gasteiger partial charge in [-0.2, -0.15) is 0 Å². The van der Waals surface area contributed by atoms with Crippen molar-refractivity contribution in [1.29, 1.82) is 0 Å². The molecule has 1 aromatic carbocycles. The lowest BCUT2D eigenvalue weighted by atomic mass is 10.2. The molecule has 2 rings (SSSR count). The van der Waals surface area contributed by atoms with Crippen molar-refractivity contribution in [1.82, 2.24) is 15.2 Å². The first-order chi connectivity index (χ1) is 9.51. The Hall–Kier alpha value is -2.44. The van der Waals surface area contributed by atoms with Crippen molar-refractivity contribution in [3.05, 3.63) is 24.0 Å². The number of aromatic amines is 1. The maximum absolute atomic E-state index is 13.9. The normalized spacial score (nSPS) is 10.7. The molecule has 2 aromatic rings. The number of rotatable bonds is 4. The Morgan fingerprint density at radius 1 is 1.40 bits per heavy atom. The van der Waals surface area contributed by atoms with E-state index in [9.17, 15) is 9.18 Å². The number of carbonyl (C=O) groups is 1. The predicted octanol–water partition coefficient (Wildman–Crippen LogP) is 2.21. The van der Waals surface area contributed by atoms with Gasteiger partial charge in [-0.1, -0.05) is 13.8 Å². The lowest BCUT2D eigenvalue weighted by Crippen LogP contribution is -2.18. The fraction of sp³-hybridized carbons (Fsp3) is 0.308. The van der Waals surface area contributed by atoms with Crippen LogP contribution in [0.4, 0.5) is 10.3 Å². The highest BCUT2D eigenvalue weighted by atomic mass is 19.1. The second kappa shape index (κ2) is 5.68. The Morgan fingerprint density at radius 3 is 2.75 bits per heavy atom. The minimum atomic E-state index is -0.484. The van der Waals surface area contributed by atoms with Crippen molar-refractivity contribution < 1.29 is 13.9 Å². The van der Waals surface area contributed by atoms with Gasteiger partial charge in [0, 0.05) is 12.0 Å². The average Bonchev–Trinajstić information content (AvgIpc) is 2.86. The fourth-order valence-electron chi connectivity index (χ4n) is 1.52. The number of hydrogen-bond donors (Lipinski definition) is 2. The van der Waals surface area contributed by atoms with Crippen molar-refractivity contribution in [3.63, 3.8) is 0 Å². The zero-order valence-corrected chi connectivity index (χ0v) is 11.4. The van der Waals surface area contributed by atoms with E-state index in [0.29, 0.717) is 5.75 Å². The third kappa shape index (κ3) is 2.93. The number of nitrogens with one attached hydrogen (secondary N) is 2. The number of anilines is 1. The third-order valence-electron chi connectivity index (χ3n) is 2.68. The van der Waals surface area contributed by atoms with Crippen LogP contribution in [0.25, 0.3) is 11.4 Å². The summed E-state index contributed by atoms with van der Waals surface area (Å²) in [6, 6.07) is 4.40. The Bertz CT molecular complexity index is 625. The fourth-order valence-corrected chi connectivity index (χ4v) is 1.52. The molecule has 0 radical (unpaired) electrons. The Kier molecular flexibility index (Phi) is 3.97. The second-order valence-electron chi connectivity index (χ2n) is 4.51. The number of halogens is 1. The summed E-state index contributed by atoms with van der Waals surface area (Å²) in [4.78, 5) is 14.3. The van der Waals surface area contributed by atoms with E-state index in [1.165, 1.54) is 19.2 Å².